The van der Waals surface area contributed by atoms with Gasteiger partial charge in [-0.3, -0.25) is 4.79 Å². The zero-order valence-electron chi connectivity index (χ0n) is 17.0. The number of carbonyl (C=O) groups is 1. The van der Waals surface area contributed by atoms with Crippen LogP contribution in [0.2, 0.25) is 0 Å². The highest BCUT2D eigenvalue weighted by atomic mass is 32.2. The summed E-state index contributed by atoms with van der Waals surface area (Å²) in [5.41, 5.74) is 0.969. The Morgan fingerprint density at radius 1 is 0.897 bits per heavy atom. The van der Waals surface area contributed by atoms with Gasteiger partial charge in [-0.2, -0.15) is 4.31 Å². The molecule has 0 N–H and O–H groups in total. The third-order valence-corrected chi connectivity index (χ3v) is 6.29. The molecular weight excluding hydrogens is 394 g/mol. The SMILES string of the molecule is CCOC(=O)CCN(CCc1ccc(OC)cc1)S(=O)(=O)c1ccc(OC)cc1. The zero-order chi connectivity index (χ0) is 21.3. The normalized spacial score (nSPS) is 11.3. The quantitative estimate of drug-likeness (QED) is 0.519. The number of hydrogen-bond acceptors (Lipinski definition) is 6. The van der Waals surface area contributed by atoms with Crippen LogP contribution in [0.4, 0.5) is 0 Å². The van der Waals surface area contributed by atoms with Crippen LogP contribution in [0.1, 0.15) is 18.9 Å². The molecule has 0 fully saturated rings. The van der Waals surface area contributed by atoms with Crippen molar-refractivity contribution in [3.63, 3.8) is 0 Å². The van der Waals surface area contributed by atoms with Crippen molar-refractivity contribution < 1.29 is 27.4 Å². The topological polar surface area (TPSA) is 82.1 Å². The summed E-state index contributed by atoms with van der Waals surface area (Å²) in [6.07, 6.45) is 0.494. The van der Waals surface area contributed by atoms with E-state index in [0.29, 0.717) is 12.2 Å². The molecule has 0 spiro atoms. The lowest BCUT2D eigenvalue weighted by Crippen LogP contribution is -2.35. The lowest BCUT2D eigenvalue weighted by atomic mass is 10.1. The van der Waals surface area contributed by atoms with Gasteiger partial charge < -0.3 is 14.2 Å². The second-order valence-corrected chi connectivity index (χ2v) is 8.17. The van der Waals surface area contributed by atoms with Crippen molar-refractivity contribution in [2.45, 2.75) is 24.7 Å². The van der Waals surface area contributed by atoms with E-state index in [1.54, 1.807) is 26.2 Å². The van der Waals surface area contributed by atoms with E-state index in [0.717, 1.165) is 11.3 Å². The highest BCUT2D eigenvalue weighted by Crippen LogP contribution is 2.21. The maximum Gasteiger partial charge on any atom is 0.307 e. The highest BCUT2D eigenvalue weighted by molar-refractivity contribution is 7.89. The number of nitrogens with zero attached hydrogens (tertiary/aromatic N) is 1. The van der Waals surface area contributed by atoms with Crippen LogP contribution in [0, 0.1) is 0 Å². The summed E-state index contributed by atoms with van der Waals surface area (Å²) in [5, 5.41) is 0. The maximum atomic E-state index is 13.1. The van der Waals surface area contributed by atoms with Crippen LogP contribution in [0.3, 0.4) is 0 Å². The molecule has 0 atom stereocenters. The molecule has 0 aliphatic rings. The number of esters is 1. The Bertz CT molecular complexity index is 878. The number of rotatable bonds is 11. The van der Waals surface area contributed by atoms with Gasteiger partial charge in [-0.15, -0.1) is 0 Å². The molecule has 2 aromatic carbocycles. The highest BCUT2D eigenvalue weighted by Gasteiger charge is 2.25. The largest absolute Gasteiger partial charge is 0.497 e. The van der Waals surface area contributed by atoms with Crippen molar-refractivity contribution in [1.29, 1.82) is 0 Å². The minimum Gasteiger partial charge on any atom is -0.497 e. The fraction of sp³-hybridized carbons (Fsp3) is 0.381. The first kappa shape index (κ1) is 22.7. The molecule has 0 radical (unpaired) electrons. The Morgan fingerprint density at radius 2 is 1.45 bits per heavy atom. The third-order valence-electron chi connectivity index (χ3n) is 4.38. The van der Waals surface area contributed by atoms with Gasteiger partial charge in [-0.05, 0) is 55.3 Å². The van der Waals surface area contributed by atoms with E-state index in [2.05, 4.69) is 0 Å². The van der Waals surface area contributed by atoms with Crippen LogP contribution in [0.15, 0.2) is 53.4 Å². The van der Waals surface area contributed by atoms with Crippen molar-refractivity contribution >= 4 is 16.0 Å². The second-order valence-electron chi connectivity index (χ2n) is 6.23. The van der Waals surface area contributed by atoms with Crippen LogP contribution < -0.4 is 9.47 Å². The predicted octanol–water partition coefficient (Wildman–Crippen LogP) is 2.89. The number of sulfonamides is 1. The Balaban J connectivity index is 2.18. The molecule has 0 saturated heterocycles. The number of methoxy groups -OCH3 is 2. The van der Waals surface area contributed by atoms with Gasteiger partial charge in [0.2, 0.25) is 10.0 Å². The number of carbonyl (C=O) groups excluding carboxylic acids is 1. The first-order chi connectivity index (χ1) is 13.9. The van der Waals surface area contributed by atoms with E-state index in [1.807, 2.05) is 24.3 Å². The summed E-state index contributed by atoms with van der Waals surface area (Å²) in [6.45, 7) is 2.26. The average molecular weight is 422 g/mol. The number of hydrogen-bond donors (Lipinski definition) is 0. The average Bonchev–Trinajstić information content (AvgIpc) is 2.74. The van der Waals surface area contributed by atoms with Crippen LogP contribution in [-0.2, 0) is 26.0 Å². The van der Waals surface area contributed by atoms with Gasteiger partial charge >= 0.3 is 5.97 Å². The minimum atomic E-state index is -3.77. The first-order valence-electron chi connectivity index (χ1n) is 9.33. The fourth-order valence-electron chi connectivity index (χ4n) is 2.74. The molecule has 158 valence electrons. The summed E-state index contributed by atoms with van der Waals surface area (Å²) in [4.78, 5) is 11.9. The van der Waals surface area contributed by atoms with Crippen molar-refractivity contribution in [3.05, 3.63) is 54.1 Å². The number of benzene rings is 2. The summed E-state index contributed by atoms with van der Waals surface area (Å²) in [7, 11) is -0.666. The molecule has 0 aliphatic carbocycles. The summed E-state index contributed by atoms with van der Waals surface area (Å²) in [5.74, 6) is 0.880. The van der Waals surface area contributed by atoms with Crippen LogP contribution in [-0.4, -0.2) is 52.6 Å². The molecule has 8 heteroatoms. The standard InChI is InChI=1S/C21H27NO6S/c1-4-28-21(23)14-16-22(15-13-17-5-7-18(26-2)8-6-17)29(24,25)20-11-9-19(27-3)10-12-20/h5-12H,4,13-16H2,1-3H3. The van der Waals surface area contributed by atoms with E-state index >= 15 is 0 Å². The molecule has 0 unspecified atom stereocenters. The van der Waals surface area contributed by atoms with Gasteiger partial charge in [0.25, 0.3) is 0 Å². The molecule has 0 aliphatic heterocycles. The maximum absolute atomic E-state index is 13.1. The lowest BCUT2D eigenvalue weighted by Gasteiger charge is -2.22. The summed E-state index contributed by atoms with van der Waals surface area (Å²) >= 11 is 0. The number of ether oxygens (including phenoxy) is 3. The molecule has 29 heavy (non-hydrogen) atoms. The van der Waals surface area contributed by atoms with Gasteiger partial charge in [0.15, 0.2) is 0 Å². The van der Waals surface area contributed by atoms with Crippen LogP contribution in [0.25, 0.3) is 0 Å². The second kappa shape index (κ2) is 10.8. The van der Waals surface area contributed by atoms with E-state index in [-0.39, 0.29) is 31.0 Å². The molecule has 0 amide bonds. The van der Waals surface area contributed by atoms with E-state index < -0.39 is 16.0 Å². The van der Waals surface area contributed by atoms with Gasteiger partial charge in [0.1, 0.15) is 11.5 Å². The summed E-state index contributed by atoms with van der Waals surface area (Å²) in [6, 6.07) is 13.6. The van der Waals surface area contributed by atoms with E-state index in [1.165, 1.54) is 23.5 Å². The van der Waals surface area contributed by atoms with Crippen LogP contribution in [0.5, 0.6) is 11.5 Å². The van der Waals surface area contributed by atoms with Crippen molar-refractivity contribution in [1.82, 2.24) is 4.31 Å². The van der Waals surface area contributed by atoms with Crippen molar-refractivity contribution in [3.8, 4) is 11.5 Å². The third kappa shape index (κ3) is 6.47. The van der Waals surface area contributed by atoms with Crippen molar-refractivity contribution in [2.75, 3.05) is 33.9 Å². The monoisotopic (exact) mass is 421 g/mol. The molecular formula is C21H27NO6S. The van der Waals surface area contributed by atoms with Gasteiger partial charge in [-0.25, -0.2) is 8.42 Å². The predicted molar refractivity (Wildman–Crippen MR) is 110 cm³/mol. The fourth-order valence-corrected chi connectivity index (χ4v) is 4.19. The van der Waals surface area contributed by atoms with Gasteiger partial charge in [0.05, 0.1) is 32.1 Å². The van der Waals surface area contributed by atoms with E-state index in [4.69, 9.17) is 14.2 Å². The first-order valence-corrected chi connectivity index (χ1v) is 10.8. The Kier molecular flexibility index (Phi) is 8.48. The van der Waals surface area contributed by atoms with Gasteiger partial charge in [0, 0.05) is 13.1 Å². The molecule has 0 heterocycles. The molecule has 2 rings (SSSR count). The van der Waals surface area contributed by atoms with Crippen LogP contribution >= 0.6 is 0 Å². The van der Waals surface area contributed by atoms with E-state index in [9.17, 15) is 13.2 Å². The lowest BCUT2D eigenvalue weighted by molar-refractivity contribution is -0.143. The van der Waals surface area contributed by atoms with Gasteiger partial charge in [-0.1, -0.05) is 12.1 Å². The Labute approximate surface area is 172 Å². The van der Waals surface area contributed by atoms with Crippen molar-refractivity contribution in [2.24, 2.45) is 0 Å². The molecule has 2 aromatic rings. The molecule has 0 aromatic heterocycles. The molecule has 0 bridgehead atoms. The molecule has 7 nitrogen and oxygen atoms in total. The smallest absolute Gasteiger partial charge is 0.307 e. The minimum absolute atomic E-state index is 0.00810. The zero-order valence-corrected chi connectivity index (χ0v) is 17.8. The molecule has 0 saturated carbocycles. The summed E-state index contributed by atoms with van der Waals surface area (Å²) < 4.78 is 42.8. The Hall–Kier alpha value is -2.58. The Morgan fingerprint density at radius 3 is 1.97 bits per heavy atom.